The molecule has 5 nitrogen and oxygen atoms in total. The molecule has 0 aromatic heterocycles. The number of hydrogen-bond donors (Lipinski definition) is 2. The third kappa shape index (κ3) is 4.86. The molecule has 6 heteroatoms. The molecule has 0 aromatic carbocycles. The fourth-order valence-corrected chi connectivity index (χ4v) is 0.723. The van der Waals surface area contributed by atoms with Gasteiger partial charge in [0.25, 0.3) is 11.3 Å². The number of hydrogen-bond acceptors (Lipinski definition) is 3. The number of ether oxygens (including phenoxy) is 1. The Hall–Kier alpha value is -0.880. The lowest BCUT2D eigenvalue weighted by atomic mass is 10.5. The second-order valence-electron chi connectivity index (χ2n) is 1.97. The van der Waals surface area contributed by atoms with Crippen LogP contribution in [0.25, 0.3) is 0 Å². The van der Waals surface area contributed by atoms with E-state index in [1.165, 1.54) is 0 Å². The molecule has 0 spiro atoms. The molecule has 0 aliphatic carbocycles. The molecule has 2 N–H and O–H groups in total. The summed E-state index contributed by atoms with van der Waals surface area (Å²) < 4.78 is 24.9. The summed E-state index contributed by atoms with van der Waals surface area (Å²) in [6.07, 6.45) is 0.696. The summed E-state index contributed by atoms with van der Waals surface area (Å²) in [6.45, 7) is 5.33. The minimum absolute atomic E-state index is 0.218. The van der Waals surface area contributed by atoms with Gasteiger partial charge < -0.3 is 4.74 Å². The van der Waals surface area contributed by atoms with E-state index in [1.54, 1.807) is 0 Å². The van der Waals surface area contributed by atoms with E-state index in [0.717, 1.165) is 0 Å². The van der Waals surface area contributed by atoms with Crippen LogP contribution >= 0.6 is 0 Å². The highest BCUT2D eigenvalue weighted by molar-refractivity contribution is 7.77. The van der Waals surface area contributed by atoms with Crippen molar-refractivity contribution in [3.63, 3.8) is 0 Å². The van der Waals surface area contributed by atoms with E-state index in [-0.39, 0.29) is 12.3 Å². The van der Waals surface area contributed by atoms with Crippen molar-refractivity contribution in [3.05, 3.63) is 12.3 Å². The Kier molecular flexibility index (Phi) is 5.31. The van der Waals surface area contributed by atoms with Crippen molar-refractivity contribution in [2.45, 2.75) is 13.3 Å². The Morgan fingerprint density at radius 1 is 1.75 bits per heavy atom. The molecule has 70 valence electrons. The molecule has 0 aliphatic rings. The van der Waals surface area contributed by atoms with Crippen LogP contribution in [0.5, 0.6) is 0 Å². The molecule has 0 aliphatic heterocycles. The summed E-state index contributed by atoms with van der Waals surface area (Å²) in [7, 11) is 0. The van der Waals surface area contributed by atoms with Crippen LogP contribution in [-0.4, -0.2) is 21.3 Å². The first kappa shape index (κ1) is 11.1. The highest BCUT2D eigenvalue weighted by Crippen LogP contribution is 1.91. The van der Waals surface area contributed by atoms with Gasteiger partial charge in [0.2, 0.25) is 0 Å². The van der Waals surface area contributed by atoms with E-state index in [2.05, 4.69) is 11.3 Å². The maximum absolute atomic E-state index is 10.8. The van der Waals surface area contributed by atoms with Gasteiger partial charge >= 0.3 is 5.97 Å². The van der Waals surface area contributed by atoms with Gasteiger partial charge in [-0.15, -0.1) is 0 Å². The summed E-state index contributed by atoms with van der Waals surface area (Å²) in [5.41, 5.74) is -0.218. The summed E-state index contributed by atoms with van der Waals surface area (Å²) in [5.74, 6) is -0.709. The lowest BCUT2D eigenvalue weighted by Gasteiger charge is -2.04. The maximum Gasteiger partial charge on any atom is 0.354 e. The van der Waals surface area contributed by atoms with Crippen molar-refractivity contribution < 1.29 is 18.3 Å². The van der Waals surface area contributed by atoms with Crippen LogP contribution in [0.2, 0.25) is 0 Å². The second-order valence-corrected chi connectivity index (χ2v) is 2.67. The monoisotopic (exact) mass is 193 g/mol. The Morgan fingerprint density at radius 3 is 2.75 bits per heavy atom. The second kappa shape index (κ2) is 5.73. The molecule has 0 fully saturated rings. The summed E-state index contributed by atoms with van der Waals surface area (Å²) in [4.78, 5) is 10.8. The minimum atomic E-state index is -2.27. The largest absolute Gasteiger partial charge is 0.461 e. The van der Waals surface area contributed by atoms with Crippen LogP contribution in [0.15, 0.2) is 12.3 Å². The SMILES string of the molecule is C=C(NS(=O)O)C(=O)OCCC. The first-order valence-electron chi connectivity index (χ1n) is 3.31. The van der Waals surface area contributed by atoms with Crippen molar-refractivity contribution in [3.8, 4) is 0 Å². The van der Waals surface area contributed by atoms with Gasteiger partial charge in [-0.1, -0.05) is 13.5 Å². The van der Waals surface area contributed by atoms with Gasteiger partial charge in [0.1, 0.15) is 5.70 Å². The van der Waals surface area contributed by atoms with Gasteiger partial charge in [0, 0.05) is 0 Å². The summed E-state index contributed by atoms with van der Waals surface area (Å²) in [6, 6.07) is 0. The quantitative estimate of drug-likeness (QED) is 0.371. The molecule has 0 saturated carbocycles. The zero-order valence-electron chi connectivity index (χ0n) is 6.70. The van der Waals surface area contributed by atoms with Gasteiger partial charge in [-0.3, -0.25) is 9.27 Å². The Bertz CT molecular complexity index is 204. The van der Waals surface area contributed by atoms with Gasteiger partial charge in [0.05, 0.1) is 6.61 Å². The molecule has 0 bridgehead atoms. The molecule has 12 heavy (non-hydrogen) atoms. The number of rotatable bonds is 5. The summed E-state index contributed by atoms with van der Waals surface area (Å²) in [5, 5.41) is 0. The van der Waals surface area contributed by atoms with E-state index >= 15 is 0 Å². The molecule has 0 rings (SSSR count). The molecular weight excluding hydrogens is 182 g/mol. The van der Waals surface area contributed by atoms with E-state index in [4.69, 9.17) is 4.55 Å². The zero-order valence-corrected chi connectivity index (χ0v) is 7.52. The third-order valence-electron chi connectivity index (χ3n) is 0.894. The molecule has 1 atom stereocenters. The van der Waals surface area contributed by atoms with E-state index in [1.807, 2.05) is 11.6 Å². The van der Waals surface area contributed by atoms with Crippen molar-refractivity contribution >= 4 is 17.2 Å². The van der Waals surface area contributed by atoms with Crippen molar-refractivity contribution in [2.24, 2.45) is 0 Å². The average molecular weight is 193 g/mol. The van der Waals surface area contributed by atoms with Gasteiger partial charge in [-0.05, 0) is 6.42 Å². The normalized spacial score (nSPS) is 11.8. The topological polar surface area (TPSA) is 75.6 Å². The molecule has 0 heterocycles. The molecule has 0 amide bonds. The summed E-state index contributed by atoms with van der Waals surface area (Å²) >= 11 is -2.27. The predicted octanol–water partition coefficient (Wildman–Crippen LogP) is 0.180. The Labute approximate surface area is 73.2 Å². The fraction of sp³-hybridized carbons (Fsp3) is 0.500. The van der Waals surface area contributed by atoms with Crippen LogP contribution in [0, 0.1) is 0 Å². The molecule has 0 saturated heterocycles. The van der Waals surface area contributed by atoms with Crippen molar-refractivity contribution in [1.29, 1.82) is 0 Å². The predicted molar refractivity (Wildman–Crippen MR) is 44.3 cm³/mol. The van der Waals surface area contributed by atoms with Crippen LogP contribution < -0.4 is 4.72 Å². The molecule has 1 unspecified atom stereocenters. The van der Waals surface area contributed by atoms with Crippen LogP contribution in [-0.2, 0) is 20.8 Å². The highest BCUT2D eigenvalue weighted by atomic mass is 32.2. The van der Waals surface area contributed by atoms with Crippen LogP contribution in [0.3, 0.4) is 0 Å². The lowest BCUT2D eigenvalue weighted by molar-refractivity contribution is -0.139. The zero-order chi connectivity index (χ0) is 9.56. The fourth-order valence-electron chi connectivity index (χ4n) is 0.429. The average Bonchev–Trinajstić information content (AvgIpc) is 1.98. The van der Waals surface area contributed by atoms with Gasteiger partial charge in [-0.2, -0.15) is 0 Å². The van der Waals surface area contributed by atoms with Crippen molar-refractivity contribution in [2.75, 3.05) is 6.61 Å². The molecular formula is C6H11NO4S. The number of esters is 1. The van der Waals surface area contributed by atoms with E-state index in [0.29, 0.717) is 6.42 Å². The van der Waals surface area contributed by atoms with E-state index < -0.39 is 17.2 Å². The number of carbonyl (C=O) groups is 1. The molecule has 0 radical (unpaired) electrons. The third-order valence-corrected chi connectivity index (χ3v) is 1.32. The van der Waals surface area contributed by atoms with Crippen LogP contribution in [0.4, 0.5) is 0 Å². The number of carbonyl (C=O) groups excluding carboxylic acids is 1. The first-order chi connectivity index (χ1) is 5.57. The van der Waals surface area contributed by atoms with Crippen molar-refractivity contribution in [1.82, 2.24) is 4.72 Å². The minimum Gasteiger partial charge on any atom is -0.461 e. The maximum atomic E-state index is 10.8. The van der Waals surface area contributed by atoms with Gasteiger partial charge in [0.15, 0.2) is 0 Å². The Balaban J connectivity index is 3.77. The molecule has 0 aromatic rings. The van der Waals surface area contributed by atoms with Gasteiger partial charge in [-0.25, -0.2) is 9.00 Å². The van der Waals surface area contributed by atoms with Crippen LogP contribution in [0.1, 0.15) is 13.3 Å². The van der Waals surface area contributed by atoms with E-state index in [9.17, 15) is 9.00 Å². The standard InChI is InChI=1S/C6H11NO4S/c1-3-4-11-6(8)5(2)7-12(9)10/h7H,2-4H2,1H3,(H,9,10). The highest BCUT2D eigenvalue weighted by Gasteiger charge is 2.08. The smallest absolute Gasteiger partial charge is 0.354 e. The Morgan fingerprint density at radius 2 is 2.33 bits per heavy atom. The lowest BCUT2D eigenvalue weighted by Crippen LogP contribution is -2.23. The number of nitrogens with one attached hydrogen (secondary N) is 1. The first-order valence-corrected chi connectivity index (χ1v) is 4.42.